The molecule has 2 rings (SSSR count). The fourth-order valence-electron chi connectivity index (χ4n) is 2.51. The Balaban J connectivity index is 2.69. The molecule has 0 radical (unpaired) electrons. The second-order valence-corrected chi connectivity index (χ2v) is 7.70. The minimum atomic E-state index is -4.90. The zero-order chi connectivity index (χ0) is 19.5. The van der Waals surface area contributed by atoms with E-state index in [1.165, 1.54) is 37.5 Å². The number of benzene rings is 1. The van der Waals surface area contributed by atoms with Crippen molar-refractivity contribution in [3.05, 3.63) is 72.1 Å². The number of rotatable bonds is 6. The lowest BCUT2D eigenvalue weighted by molar-refractivity contribution is -0.140. The van der Waals surface area contributed by atoms with E-state index in [9.17, 15) is 26.4 Å². The van der Waals surface area contributed by atoms with E-state index in [1.807, 2.05) is 0 Å². The first-order valence-corrected chi connectivity index (χ1v) is 9.10. The summed E-state index contributed by atoms with van der Waals surface area (Å²) in [6.45, 7) is 4.88. The summed E-state index contributed by atoms with van der Waals surface area (Å²) in [6, 6.07) is 5.62. The predicted octanol–water partition coefficient (Wildman–Crippen LogP) is 4.10. The van der Waals surface area contributed by atoms with Gasteiger partial charge in [0.15, 0.2) is 9.84 Å². The number of alkyl halides is 3. The molecule has 0 fully saturated rings. The number of aldehydes is 1. The standard InChI is InChI=1S/C18H16F3NO3S/c1-3-16(13-6-8-22-9-7-13)26(24,25)17-5-4-14(12(2)11-23)10-15(17)18(19,20)21/h3-12,16H,1H2,2H3. The number of aromatic nitrogens is 1. The maximum absolute atomic E-state index is 13.5. The van der Waals surface area contributed by atoms with E-state index < -0.39 is 37.6 Å². The van der Waals surface area contributed by atoms with Crippen molar-refractivity contribution in [3.63, 3.8) is 0 Å². The molecule has 2 unspecified atom stereocenters. The second kappa shape index (κ2) is 7.41. The van der Waals surface area contributed by atoms with Gasteiger partial charge in [0.1, 0.15) is 11.5 Å². The Morgan fingerprint density at radius 2 is 1.73 bits per heavy atom. The summed E-state index contributed by atoms with van der Waals surface area (Å²) in [5.41, 5.74) is -0.955. The Hall–Kier alpha value is -2.48. The maximum atomic E-state index is 13.5. The lowest BCUT2D eigenvalue weighted by Gasteiger charge is -2.19. The molecule has 138 valence electrons. The van der Waals surface area contributed by atoms with Gasteiger partial charge in [0.05, 0.1) is 10.5 Å². The van der Waals surface area contributed by atoms with Crippen molar-refractivity contribution < 1.29 is 26.4 Å². The summed E-state index contributed by atoms with van der Waals surface area (Å²) >= 11 is 0. The van der Waals surface area contributed by atoms with E-state index in [-0.39, 0.29) is 11.1 Å². The number of pyridine rings is 1. The van der Waals surface area contributed by atoms with Crippen LogP contribution in [0.5, 0.6) is 0 Å². The van der Waals surface area contributed by atoms with Gasteiger partial charge in [-0.3, -0.25) is 4.98 Å². The number of halogens is 3. The first kappa shape index (κ1) is 19.8. The molecular formula is C18H16F3NO3S. The fourth-order valence-corrected chi connectivity index (χ4v) is 4.29. The lowest BCUT2D eigenvalue weighted by atomic mass is 10.0. The highest BCUT2D eigenvalue weighted by Crippen LogP contribution is 2.40. The molecule has 0 aliphatic rings. The van der Waals surface area contributed by atoms with Crippen molar-refractivity contribution in [2.75, 3.05) is 0 Å². The van der Waals surface area contributed by atoms with Crippen LogP contribution in [0.25, 0.3) is 0 Å². The van der Waals surface area contributed by atoms with Gasteiger partial charge in [0.2, 0.25) is 0 Å². The molecule has 0 aliphatic heterocycles. The maximum Gasteiger partial charge on any atom is 0.417 e. The third-order valence-corrected chi connectivity index (χ3v) is 6.03. The Bertz CT molecular complexity index is 909. The van der Waals surface area contributed by atoms with Crippen LogP contribution in [0.4, 0.5) is 13.2 Å². The molecule has 26 heavy (non-hydrogen) atoms. The van der Waals surface area contributed by atoms with Crippen LogP contribution in [0.15, 0.2) is 60.3 Å². The first-order chi connectivity index (χ1) is 12.1. The normalized spacial score (nSPS) is 14.5. The summed E-state index contributed by atoms with van der Waals surface area (Å²) in [4.78, 5) is 13.8. The second-order valence-electron chi connectivity index (χ2n) is 5.66. The summed E-state index contributed by atoms with van der Waals surface area (Å²) in [5.74, 6) is -0.789. The van der Waals surface area contributed by atoms with Gasteiger partial charge in [-0.15, -0.1) is 6.58 Å². The Kier molecular flexibility index (Phi) is 5.65. The third-order valence-electron chi connectivity index (χ3n) is 3.93. The van der Waals surface area contributed by atoms with Crippen LogP contribution in [-0.4, -0.2) is 19.7 Å². The molecule has 0 N–H and O–H groups in total. The van der Waals surface area contributed by atoms with Gasteiger partial charge in [-0.25, -0.2) is 8.42 Å². The van der Waals surface area contributed by atoms with Crippen LogP contribution in [0.2, 0.25) is 0 Å². The largest absolute Gasteiger partial charge is 0.417 e. The van der Waals surface area contributed by atoms with Crippen LogP contribution < -0.4 is 0 Å². The number of hydrogen-bond donors (Lipinski definition) is 0. The molecule has 1 aromatic carbocycles. The molecule has 0 saturated carbocycles. The minimum absolute atomic E-state index is 0.0883. The van der Waals surface area contributed by atoms with E-state index >= 15 is 0 Å². The average Bonchev–Trinajstić information content (AvgIpc) is 2.61. The zero-order valence-electron chi connectivity index (χ0n) is 13.8. The summed E-state index contributed by atoms with van der Waals surface area (Å²) in [5, 5.41) is -1.36. The van der Waals surface area contributed by atoms with Crippen molar-refractivity contribution in [2.45, 2.75) is 29.2 Å². The molecule has 4 nitrogen and oxygen atoms in total. The van der Waals surface area contributed by atoms with Crippen LogP contribution in [0, 0.1) is 0 Å². The molecule has 0 saturated heterocycles. The van der Waals surface area contributed by atoms with E-state index in [2.05, 4.69) is 11.6 Å². The summed E-state index contributed by atoms with van der Waals surface area (Å²) in [6.07, 6.45) is -0.632. The van der Waals surface area contributed by atoms with Crippen molar-refractivity contribution in [2.24, 2.45) is 0 Å². The van der Waals surface area contributed by atoms with Gasteiger partial charge in [0, 0.05) is 18.3 Å². The Morgan fingerprint density at radius 3 is 2.23 bits per heavy atom. The molecule has 1 aromatic heterocycles. The summed E-state index contributed by atoms with van der Waals surface area (Å²) < 4.78 is 66.4. The first-order valence-electron chi connectivity index (χ1n) is 7.55. The van der Waals surface area contributed by atoms with Crippen LogP contribution in [0.1, 0.15) is 34.8 Å². The van der Waals surface area contributed by atoms with E-state index in [0.29, 0.717) is 12.4 Å². The molecule has 0 amide bonds. The summed E-state index contributed by atoms with van der Waals surface area (Å²) in [7, 11) is -4.42. The zero-order valence-corrected chi connectivity index (χ0v) is 14.6. The van der Waals surface area contributed by atoms with E-state index in [4.69, 9.17) is 0 Å². The van der Waals surface area contributed by atoms with Crippen molar-refractivity contribution in [1.82, 2.24) is 4.98 Å². The Morgan fingerprint density at radius 1 is 1.12 bits per heavy atom. The Labute approximate surface area is 149 Å². The van der Waals surface area contributed by atoms with Crippen molar-refractivity contribution in [3.8, 4) is 0 Å². The number of sulfone groups is 1. The molecule has 0 aliphatic carbocycles. The van der Waals surface area contributed by atoms with E-state index in [0.717, 1.165) is 12.1 Å². The molecule has 1 heterocycles. The van der Waals surface area contributed by atoms with Gasteiger partial charge in [-0.2, -0.15) is 13.2 Å². The minimum Gasteiger partial charge on any atom is -0.303 e. The highest BCUT2D eigenvalue weighted by atomic mass is 32.2. The van der Waals surface area contributed by atoms with Gasteiger partial charge in [0.25, 0.3) is 0 Å². The molecule has 2 atom stereocenters. The molecular weight excluding hydrogens is 367 g/mol. The molecule has 8 heteroatoms. The quantitative estimate of drug-likeness (QED) is 0.556. The third kappa shape index (κ3) is 3.85. The van der Waals surface area contributed by atoms with Gasteiger partial charge in [-0.05, 0) is 35.4 Å². The van der Waals surface area contributed by atoms with Gasteiger partial charge < -0.3 is 4.79 Å². The van der Waals surface area contributed by atoms with Gasteiger partial charge in [-0.1, -0.05) is 19.1 Å². The smallest absolute Gasteiger partial charge is 0.303 e. The van der Waals surface area contributed by atoms with Crippen molar-refractivity contribution >= 4 is 16.1 Å². The van der Waals surface area contributed by atoms with E-state index in [1.54, 1.807) is 0 Å². The predicted molar refractivity (Wildman–Crippen MR) is 90.3 cm³/mol. The monoisotopic (exact) mass is 383 g/mol. The highest BCUT2D eigenvalue weighted by molar-refractivity contribution is 7.92. The highest BCUT2D eigenvalue weighted by Gasteiger charge is 2.40. The van der Waals surface area contributed by atoms with Crippen LogP contribution >= 0.6 is 0 Å². The number of hydrogen-bond acceptors (Lipinski definition) is 4. The molecule has 0 bridgehead atoms. The SMILES string of the molecule is C=CC(c1ccncc1)S(=O)(=O)c1ccc(C(C)C=O)cc1C(F)(F)F. The number of nitrogens with zero attached hydrogens (tertiary/aromatic N) is 1. The fraction of sp³-hybridized carbons (Fsp3) is 0.222. The van der Waals surface area contributed by atoms with Crippen LogP contribution in [-0.2, 0) is 20.8 Å². The number of carbonyl (C=O) groups excluding carboxylic acids is 1. The number of carbonyl (C=O) groups is 1. The van der Waals surface area contributed by atoms with Gasteiger partial charge >= 0.3 is 6.18 Å². The van der Waals surface area contributed by atoms with Crippen molar-refractivity contribution in [1.29, 1.82) is 0 Å². The lowest BCUT2D eigenvalue weighted by Crippen LogP contribution is -2.18. The molecule has 0 spiro atoms. The topological polar surface area (TPSA) is 64.1 Å². The molecule has 2 aromatic rings. The van der Waals surface area contributed by atoms with Crippen LogP contribution in [0.3, 0.4) is 0 Å². The average molecular weight is 383 g/mol.